The van der Waals surface area contributed by atoms with E-state index in [9.17, 15) is 0 Å². The summed E-state index contributed by atoms with van der Waals surface area (Å²) in [5, 5.41) is 3.43. The van der Waals surface area contributed by atoms with Crippen LogP contribution in [0.3, 0.4) is 0 Å². The van der Waals surface area contributed by atoms with Crippen LogP contribution in [0.25, 0.3) is 0 Å². The zero-order chi connectivity index (χ0) is 14.1. The summed E-state index contributed by atoms with van der Waals surface area (Å²) in [5.74, 6) is 0.707. The van der Waals surface area contributed by atoms with Gasteiger partial charge in [-0.3, -0.25) is 4.90 Å². The van der Waals surface area contributed by atoms with Gasteiger partial charge in [0.25, 0.3) is 0 Å². The molecule has 0 rings (SSSR count). The van der Waals surface area contributed by atoms with Gasteiger partial charge in [-0.25, -0.2) is 0 Å². The Morgan fingerprint density at radius 3 is 2.17 bits per heavy atom. The van der Waals surface area contributed by atoms with Crippen LogP contribution >= 0.6 is 0 Å². The molecule has 108 valence electrons. The van der Waals surface area contributed by atoms with E-state index in [-0.39, 0.29) is 0 Å². The zero-order valence-corrected chi connectivity index (χ0v) is 13.3. The molecule has 0 aromatic rings. The Kier molecular flexibility index (Phi) is 9.34. The Balaban J connectivity index is 4.08. The summed E-state index contributed by atoms with van der Waals surface area (Å²) in [6.45, 7) is 18.4. The molecule has 0 aliphatic rings. The molecule has 0 heterocycles. The molecule has 0 amide bonds. The Labute approximate surface area is 114 Å². The molecule has 1 N–H and O–H groups in total. The fourth-order valence-electron chi connectivity index (χ4n) is 1.81. The van der Waals surface area contributed by atoms with E-state index in [1.54, 1.807) is 0 Å². The summed E-state index contributed by atoms with van der Waals surface area (Å²) >= 11 is 0. The highest BCUT2D eigenvalue weighted by Crippen LogP contribution is 2.02. The van der Waals surface area contributed by atoms with Crippen LogP contribution in [0.1, 0.15) is 27.7 Å². The lowest BCUT2D eigenvalue weighted by atomic mass is 10.2. The normalized spacial score (nSPS) is 12.1. The van der Waals surface area contributed by atoms with Crippen molar-refractivity contribution in [2.75, 3.05) is 46.8 Å². The van der Waals surface area contributed by atoms with Crippen LogP contribution in [0.2, 0.25) is 0 Å². The van der Waals surface area contributed by atoms with Gasteiger partial charge in [-0.15, -0.1) is 0 Å². The van der Waals surface area contributed by atoms with Crippen LogP contribution in [-0.2, 0) is 0 Å². The summed E-state index contributed by atoms with van der Waals surface area (Å²) in [4.78, 5) is 4.75. The van der Waals surface area contributed by atoms with Gasteiger partial charge in [0.1, 0.15) is 0 Å². The van der Waals surface area contributed by atoms with E-state index in [2.05, 4.69) is 63.5 Å². The third-order valence-corrected chi connectivity index (χ3v) is 2.69. The molecule has 0 fully saturated rings. The highest BCUT2D eigenvalue weighted by atomic mass is 15.2. The first-order valence-electron chi connectivity index (χ1n) is 7.08. The van der Waals surface area contributed by atoms with Crippen molar-refractivity contribution in [1.82, 2.24) is 15.1 Å². The molecule has 0 atom stereocenters. The number of hydrogen-bond donors (Lipinski definition) is 1. The summed E-state index contributed by atoms with van der Waals surface area (Å²) < 4.78 is 0. The molecule has 18 heavy (non-hydrogen) atoms. The molecule has 3 heteroatoms. The van der Waals surface area contributed by atoms with Crippen LogP contribution in [0, 0.1) is 5.92 Å². The molecule has 0 radical (unpaired) electrons. The van der Waals surface area contributed by atoms with Crippen LogP contribution in [-0.4, -0.2) is 62.7 Å². The first kappa shape index (κ1) is 17.6. The molecule has 0 aliphatic heterocycles. The molecule has 0 saturated carbocycles. The predicted molar refractivity (Wildman–Crippen MR) is 82.1 cm³/mol. The minimum Gasteiger partial charge on any atom is -0.311 e. The van der Waals surface area contributed by atoms with Crippen molar-refractivity contribution in [2.24, 2.45) is 5.92 Å². The van der Waals surface area contributed by atoms with Gasteiger partial charge in [0.2, 0.25) is 0 Å². The fourth-order valence-corrected chi connectivity index (χ4v) is 1.81. The summed E-state index contributed by atoms with van der Waals surface area (Å²) in [6, 6.07) is 0.530. The Bertz CT molecular complexity index is 222. The third-order valence-electron chi connectivity index (χ3n) is 2.69. The SMILES string of the molecule is C=C(CNC(C)C)CN(CCN(C)C)CC(C)C. The van der Waals surface area contributed by atoms with Crippen molar-refractivity contribution >= 4 is 0 Å². The summed E-state index contributed by atoms with van der Waals surface area (Å²) in [6.07, 6.45) is 0. The monoisotopic (exact) mass is 255 g/mol. The molecule has 0 unspecified atom stereocenters. The second-order valence-corrected chi connectivity index (χ2v) is 6.22. The van der Waals surface area contributed by atoms with Gasteiger partial charge in [0.05, 0.1) is 0 Å². The highest BCUT2D eigenvalue weighted by molar-refractivity contribution is 5.00. The Morgan fingerprint density at radius 1 is 1.11 bits per heavy atom. The van der Waals surface area contributed by atoms with Gasteiger partial charge in [0, 0.05) is 38.8 Å². The number of nitrogens with zero attached hydrogens (tertiary/aromatic N) is 2. The maximum Gasteiger partial charge on any atom is 0.0203 e. The van der Waals surface area contributed by atoms with Crippen molar-refractivity contribution in [2.45, 2.75) is 33.7 Å². The van der Waals surface area contributed by atoms with E-state index in [4.69, 9.17) is 0 Å². The maximum atomic E-state index is 4.18. The molecule has 0 spiro atoms. The number of hydrogen-bond acceptors (Lipinski definition) is 3. The lowest BCUT2D eigenvalue weighted by Crippen LogP contribution is -2.37. The largest absolute Gasteiger partial charge is 0.311 e. The summed E-state index contributed by atoms with van der Waals surface area (Å²) in [7, 11) is 4.26. The van der Waals surface area contributed by atoms with Crippen molar-refractivity contribution in [3.63, 3.8) is 0 Å². The molecule has 3 nitrogen and oxygen atoms in total. The van der Waals surface area contributed by atoms with Crippen LogP contribution in [0.15, 0.2) is 12.2 Å². The van der Waals surface area contributed by atoms with Crippen molar-refractivity contribution in [1.29, 1.82) is 0 Å². The van der Waals surface area contributed by atoms with Crippen LogP contribution in [0.4, 0.5) is 0 Å². The molecule has 0 bridgehead atoms. The lowest BCUT2D eigenvalue weighted by molar-refractivity contribution is 0.232. The van der Waals surface area contributed by atoms with Gasteiger partial charge < -0.3 is 10.2 Å². The molecular formula is C15H33N3. The topological polar surface area (TPSA) is 18.5 Å². The minimum atomic E-state index is 0.530. The first-order chi connectivity index (χ1) is 8.31. The maximum absolute atomic E-state index is 4.18. The Morgan fingerprint density at radius 2 is 1.72 bits per heavy atom. The Hall–Kier alpha value is -0.380. The van der Waals surface area contributed by atoms with Gasteiger partial charge >= 0.3 is 0 Å². The van der Waals surface area contributed by atoms with Crippen molar-refractivity contribution in [3.05, 3.63) is 12.2 Å². The molecule has 0 saturated heterocycles. The van der Waals surface area contributed by atoms with E-state index in [0.29, 0.717) is 12.0 Å². The average molecular weight is 255 g/mol. The van der Waals surface area contributed by atoms with E-state index in [1.807, 2.05) is 0 Å². The number of nitrogens with one attached hydrogen (secondary N) is 1. The second kappa shape index (κ2) is 9.54. The fraction of sp³-hybridized carbons (Fsp3) is 0.867. The van der Waals surface area contributed by atoms with E-state index < -0.39 is 0 Å². The third kappa shape index (κ3) is 10.8. The standard InChI is InChI=1S/C15H33N3/c1-13(2)11-18(9-8-17(6)7)12-15(5)10-16-14(3)4/h13-14,16H,5,8-12H2,1-4,6-7H3. The van der Waals surface area contributed by atoms with E-state index in [1.165, 1.54) is 5.57 Å². The molecule has 0 aromatic carbocycles. The van der Waals surface area contributed by atoms with Crippen LogP contribution in [0.5, 0.6) is 0 Å². The summed E-state index contributed by atoms with van der Waals surface area (Å²) in [5.41, 5.74) is 1.28. The predicted octanol–water partition coefficient (Wildman–Crippen LogP) is 2.06. The van der Waals surface area contributed by atoms with E-state index in [0.717, 1.165) is 32.7 Å². The van der Waals surface area contributed by atoms with Crippen molar-refractivity contribution < 1.29 is 0 Å². The quantitative estimate of drug-likeness (QED) is 0.603. The second-order valence-electron chi connectivity index (χ2n) is 6.22. The number of rotatable bonds is 10. The van der Waals surface area contributed by atoms with E-state index >= 15 is 0 Å². The lowest BCUT2D eigenvalue weighted by Gasteiger charge is -2.27. The van der Waals surface area contributed by atoms with Crippen molar-refractivity contribution in [3.8, 4) is 0 Å². The van der Waals surface area contributed by atoms with Gasteiger partial charge in [-0.05, 0) is 25.6 Å². The van der Waals surface area contributed by atoms with Crippen LogP contribution < -0.4 is 5.32 Å². The van der Waals surface area contributed by atoms with Gasteiger partial charge in [-0.1, -0.05) is 34.3 Å². The zero-order valence-electron chi connectivity index (χ0n) is 13.3. The van der Waals surface area contributed by atoms with Gasteiger partial charge in [-0.2, -0.15) is 0 Å². The minimum absolute atomic E-state index is 0.530. The average Bonchev–Trinajstić information content (AvgIpc) is 2.22. The highest BCUT2D eigenvalue weighted by Gasteiger charge is 2.09. The molecule has 0 aliphatic carbocycles. The first-order valence-corrected chi connectivity index (χ1v) is 7.08. The number of likely N-dealkylation sites (N-methyl/N-ethyl adjacent to an activating group) is 1. The van der Waals surface area contributed by atoms with Gasteiger partial charge in [0.15, 0.2) is 0 Å². The molecule has 0 aromatic heterocycles. The molecular weight excluding hydrogens is 222 g/mol. The smallest absolute Gasteiger partial charge is 0.0203 e.